The van der Waals surface area contributed by atoms with Crippen molar-refractivity contribution in [2.75, 3.05) is 20.2 Å². The summed E-state index contributed by atoms with van der Waals surface area (Å²) >= 11 is 0. The van der Waals surface area contributed by atoms with E-state index in [1.807, 2.05) is 19.5 Å². The minimum atomic E-state index is -0.0585. The number of likely N-dealkylation sites (tertiary alicyclic amines) is 1. The van der Waals surface area contributed by atoms with Crippen LogP contribution >= 0.6 is 0 Å². The Kier molecular flexibility index (Phi) is 5.13. The lowest BCUT2D eigenvalue weighted by Gasteiger charge is -2.45. The molecule has 0 spiro atoms. The molecule has 2 N–H and O–H groups in total. The van der Waals surface area contributed by atoms with Gasteiger partial charge in [0, 0.05) is 32.1 Å². The van der Waals surface area contributed by atoms with E-state index in [0.29, 0.717) is 0 Å². The number of nitrogens with zero attached hydrogens (tertiary/aromatic N) is 2. The molecule has 3 unspecified atom stereocenters. The van der Waals surface area contributed by atoms with Crippen LogP contribution in [0.3, 0.4) is 0 Å². The van der Waals surface area contributed by atoms with Crippen molar-refractivity contribution < 1.29 is 4.74 Å². The van der Waals surface area contributed by atoms with Gasteiger partial charge in [0.15, 0.2) is 0 Å². The Morgan fingerprint density at radius 3 is 2.75 bits per heavy atom. The summed E-state index contributed by atoms with van der Waals surface area (Å²) in [7, 11) is 1.81. The van der Waals surface area contributed by atoms with Crippen LogP contribution in [-0.2, 0) is 4.74 Å². The monoisotopic (exact) mass is 277 g/mol. The summed E-state index contributed by atoms with van der Waals surface area (Å²) in [5.74, 6) is 0. The molecule has 0 aromatic carbocycles. The predicted molar refractivity (Wildman–Crippen MR) is 81.5 cm³/mol. The number of rotatable bonds is 5. The summed E-state index contributed by atoms with van der Waals surface area (Å²) in [6, 6.07) is 4.55. The fourth-order valence-electron chi connectivity index (χ4n) is 3.16. The van der Waals surface area contributed by atoms with Crippen molar-refractivity contribution in [2.24, 2.45) is 5.73 Å². The average molecular weight is 277 g/mol. The Morgan fingerprint density at radius 2 is 2.15 bits per heavy atom. The molecule has 1 aromatic rings. The zero-order valence-corrected chi connectivity index (χ0v) is 12.9. The predicted octanol–water partition coefficient (Wildman–Crippen LogP) is 2.36. The zero-order valence-electron chi connectivity index (χ0n) is 12.9. The van der Waals surface area contributed by atoms with Gasteiger partial charge in [0.25, 0.3) is 0 Å². The summed E-state index contributed by atoms with van der Waals surface area (Å²) < 4.78 is 5.71. The minimum absolute atomic E-state index is 0.0585. The molecule has 20 heavy (non-hydrogen) atoms. The lowest BCUT2D eigenvalue weighted by Crippen LogP contribution is -2.52. The topological polar surface area (TPSA) is 51.4 Å². The highest BCUT2D eigenvalue weighted by molar-refractivity contribution is 5.18. The standard InChI is InChI=1S/C16H27N3O/c1-4-14(17)15(13-6-9-18-10-7-13)19-11-5-8-16(2,12-19)20-3/h6-7,9-10,14-15H,4-5,8,11-12,17H2,1-3H3. The van der Waals surface area contributed by atoms with Crippen molar-refractivity contribution in [3.63, 3.8) is 0 Å². The molecule has 0 saturated carbocycles. The van der Waals surface area contributed by atoms with E-state index in [-0.39, 0.29) is 17.7 Å². The van der Waals surface area contributed by atoms with Gasteiger partial charge in [0.2, 0.25) is 0 Å². The third kappa shape index (κ3) is 3.37. The first-order valence-corrected chi connectivity index (χ1v) is 7.54. The second kappa shape index (κ2) is 6.66. The van der Waals surface area contributed by atoms with Gasteiger partial charge in [-0.2, -0.15) is 0 Å². The molecule has 1 fully saturated rings. The van der Waals surface area contributed by atoms with E-state index >= 15 is 0 Å². The molecule has 0 amide bonds. The van der Waals surface area contributed by atoms with Crippen molar-refractivity contribution in [2.45, 2.75) is 50.8 Å². The largest absolute Gasteiger partial charge is 0.377 e. The summed E-state index contributed by atoms with van der Waals surface area (Å²) in [6.07, 6.45) is 6.94. The maximum absolute atomic E-state index is 6.41. The molecular weight excluding hydrogens is 250 g/mol. The quantitative estimate of drug-likeness (QED) is 0.897. The maximum atomic E-state index is 6.41. The highest BCUT2D eigenvalue weighted by Crippen LogP contribution is 2.32. The van der Waals surface area contributed by atoms with Crippen LogP contribution in [0.25, 0.3) is 0 Å². The molecule has 1 aliphatic rings. The molecule has 4 heteroatoms. The Hall–Kier alpha value is -0.970. The molecule has 0 bridgehead atoms. The van der Waals surface area contributed by atoms with Crippen LogP contribution in [0.4, 0.5) is 0 Å². The Morgan fingerprint density at radius 1 is 1.45 bits per heavy atom. The van der Waals surface area contributed by atoms with E-state index in [9.17, 15) is 0 Å². The average Bonchev–Trinajstić information content (AvgIpc) is 2.48. The Balaban J connectivity index is 2.23. The van der Waals surface area contributed by atoms with E-state index in [4.69, 9.17) is 10.5 Å². The van der Waals surface area contributed by atoms with Gasteiger partial charge in [0.05, 0.1) is 11.6 Å². The second-order valence-electron chi connectivity index (χ2n) is 6.03. The first kappa shape index (κ1) is 15.4. The van der Waals surface area contributed by atoms with Crippen LogP contribution < -0.4 is 5.73 Å². The van der Waals surface area contributed by atoms with Crippen molar-refractivity contribution in [1.29, 1.82) is 0 Å². The van der Waals surface area contributed by atoms with E-state index < -0.39 is 0 Å². The third-order valence-electron chi connectivity index (χ3n) is 4.50. The second-order valence-corrected chi connectivity index (χ2v) is 6.03. The smallest absolute Gasteiger partial charge is 0.0777 e. The van der Waals surface area contributed by atoms with Gasteiger partial charge in [-0.1, -0.05) is 6.92 Å². The molecule has 1 aromatic heterocycles. The van der Waals surface area contributed by atoms with Gasteiger partial charge in [-0.3, -0.25) is 9.88 Å². The van der Waals surface area contributed by atoms with Gasteiger partial charge in [-0.25, -0.2) is 0 Å². The molecule has 2 rings (SSSR count). The SMILES string of the molecule is CCC(N)C(c1ccncc1)N1CCCC(C)(OC)C1. The van der Waals surface area contributed by atoms with Gasteiger partial charge in [-0.15, -0.1) is 0 Å². The third-order valence-corrected chi connectivity index (χ3v) is 4.50. The van der Waals surface area contributed by atoms with Crippen molar-refractivity contribution in [3.05, 3.63) is 30.1 Å². The molecular formula is C16H27N3O. The van der Waals surface area contributed by atoms with Crippen molar-refractivity contribution in [3.8, 4) is 0 Å². The number of pyridine rings is 1. The Labute approximate surface area is 122 Å². The first-order valence-electron chi connectivity index (χ1n) is 7.54. The number of methoxy groups -OCH3 is 1. The molecule has 1 aliphatic heterocycles. The lowest BCUT2D eigenvalue weighted by molar-refractivity contribution is -0.0644. The number of aromatic nitrogens is 1. The molecule has 3 atom stereocenters. The fourth-order valence-corrected chi connectivity index (χ4v) is 3.16. The van der Waals surface area contributed by atoms with Crippen LogP contribution in [0.2, 0.25) is 0 Å². The highest BCUT2D eigenvalue weighted by atomic mass is 16.5. The molecule has 2 heterocycles. The minimum Gasteiger partial charge on any atom is -0.377 e. The van der Waals surface area contributed by atoms with Gasteiger partial charge >= 0.3 is 0 Å². The van der Waals surface area contributed by atoms with Crippen LogP contribution in [0.15, 0.2) is 24.5 Å². The number of hydrogen-bond acceptors (Lipinski definition) is 4. The van der Waals surface area contributed by atoms with Crippen molar-refractivity contribution >= 4 is 0 Å². The molecule has 112 valence electrons. The van der Waals surface area contributed by atoms with Gasteiger partial charge in [-0.05, 0) is 50.4 Å². The zero-order chi connectivity index (χ0) is 14.6. The number of piperidine rings is 1. The van der Waals surface area contributed by atoms with E-state index in [1.54, 1.807) is 0 Å². The summed E-state index contributed by atoms with van der Waals surface area (Å²) in [6.45, 7) is 6.36. The summed E-state index contributed by atoms with van der Waals surface area (Å²) in [5, 5.41) is 0. The van der Waals surface area contributed by atoms with E-state index in [2.05, 4.69) is 35.9 Å². The highest BCUT2D eigenvalue weighted by Gasteiger charge is 2.36. The van der Waals surface area contributed by atoms with Gasteiger partial charge < -0.3 is 10.5 Å². The molecule has 1 saturated heterocycles. The number of nitrogens with two attached hydrogens (primary N) is 1. The van der Waals surface area contributed by atoms with Crippen LogP contribution in [-0.4, -0.2) is 41.7 Å². The molecule has 0 radical (unpaired) electrons. The number of ether oxygens (including phenoxy) is 1. The molecule has 0 aliphatic carbocycles. The van der Waals surface area contributed by atoms with E-state index in [1.165, 1.54) is 5.56 Å². The van der Waals surface area contributed by atoms with Crippen LogP contribution in [0, 0.1) is 0 Å². The summed E-state index contributed by atoms with van der Waals surface area (Å²) in [5.41, 5.74) is 7.61. The normalized spacial score (nSPS) is 27.2. The maximum Gasteiger partial charge on any atom is 0.0777 e. The van der Waals surface area contributed by atoms with E-state index in [0.717, 1.165) is 32.4 Å². The fraction of sp³-hybridized carbons (Fsp3) is 0.688. The lowest BCUT2D eigenvalue weighted by atomic mass is 9.89. The number of hydrogen-bond donors (Lipinski definition) is 1. The van der Waals surface area contributed by atoms with Crippen LogP contribution in [0.1, 0.15) is 44.7 Å². The van der Waals surface area contributed by atoms with Crippen molar-refractivity contribution in [1.82, 2.24) is 9.88 Å². The first-order chi connectivity index (χ1) is 9.59. The van der Waals surface area contributed by atoms with Crippen LogP contribution in [0.5, 0.6) is 0 Å². The van der Waals surface area contributed by atoms with Gasteiger partial charge in [0.1, 0.15) is 0 Å². The summed E-state index contributed by atoms with van der Waals surface area (Å²) in [4.78, 5) is 6.60. The Bertz CT molecular complexity index is 411. The molecule has 4 nitrogen and oxygen atoms in total.